The summed E-state index contributed by atoms with van der Waals surface area (Å²) in [5.74, 6) is 2.36. The first-order valence-electron chi connectivity index (χ1n) is 14.8. The van der Waals surface area contributed by atoms with E-state index in [0.29, 0.717) is 35.1 Å². The Morgan fingerprint density at radius 1 is 1.09 bits per heavy atom. The summed E-state index contributed by atoms with van der Waals surface area (Å²) in [5, 5.41) is 11.8. The van der Waals surface area contributed by atoms with E-state index in [4.69, 9.17) is 14.7 Å². The van der Waals surface area contributed by atoms with Gasteiger partial charge in [-0.15, -0.1) is 11.8 Å². The molecule has 4 aromatic rings. The van der Waals surface area contributed by atoms with E-state index >= 15 is 0 Å². The number of para-hydroxylation sites is 1. The largest absolute Gasteiger partial charge is 0.495 e. The SMILES string of the molecule is COc1cc(C2CCN(C(=O)CCN(C)C)CC2)c(C)cc1Nc1nc(Nc2ccccc2SC(C)C)n2nccc2n1. The molecule has 1 aliphatic heterocycles. The number of aryl methyl sites for hydroxylation is 1. The third-order valence-electron chi connectivity index (χ3n) is 7.65. The van der Waals surface area contributed by atoms with Gasteiger partial charge < -0.3 is 25.2 Å². The first kappa shape index (κ1) is 30.6. The number of amides is 1. The number of anilines is 4. The Kier molecular flexibility index (Phi) is 9.72. The molecule has 0 bridgehead atoms. The molecule has 5 rings (SSSR count). The van der Waals surface area contributed by atoms with E-state index in [1.807, 2.05) is 43.3 Å². The van der Waals surface area contributed by atoms with Crippen LogP contribution in [0.4, 0.5) is 23.3 Å². The van der Waals surface area contributed by atoms with E-state index in [-0.39, 0.29) is 5.91 Å². The standard InChI is InChI=1S/C32H42N8O2S/c1-21(2)43-28-10-8-7-9-25(28)35-32-37-31(36-29-11-15-33-40(29)32)34-26-19-22(3)24(20-27(26)42-6)23-12-17-39(18-13-23)30(41)14-16-38(4)5/h7-11,15,19-21,23H,12-14,16-18H2,1-6H3,(H2,34,35,36,37). The van der Waals surface area contributed by atoms with E-state index in [1.165, 1.54) is 11.1 Å². The molecule has 2 aromatic heterocycles. The predicted octanol–water partition coefficient (Wildman–Crippen LogP) is 6.09. The number of piperidine rings is 1. The van der Waals surface area contributed by atoms with E-state index < -0.39 is 0 Å². The van der Waals surface area contributed by atoms with Crippen LogP contribution in [0.2, 0.25) is 0 Å². The van der Waals surface area contributed by atoms with Gasteiger partial charge in [0.05, 0.1) is 24.7 Å². The lowest BCUT2D eigenvalue weighted by Crippen LogP contribution is -2.39. The average molecular weight is 603 g/mol. The quantitative estimate of drug-likeness (QED) is 0.198. The Balaban J connectivity index is 1.35. The third kappa shape index (κ3) is 7.40. The number of methoxy groups -OCH3 is 1. The number of nitrogens with one attached hydrogen (secondary N) is 2. The van der Waals surface area contributed by atoms with Gasteiger partial charge in [-0.05, 0) is 75.2 Å². The van der Waals surface area contributed by atoms with Crippen molar-refractivity contribution in [3.8, 4) is 5.75 Å². The molecular formula is C32H42N8O2S. The number of benzene rings is 2. The molecule has 2 aromatic carbocycles. The van der Waals surface area contributed by atoms with Crippen molar-refractivity contribution in [2.75, 3.05) is 51.5 Å². The zero-order chi connectivity index (χ0) is 30.5. The fourth-order valence-electron chi connectivity index (χ4n) is 5.46. The Labute approximate surface area is 258 Å². The van der Waals surface area contributed by atoms with Gasteiger partial charge in [-0.1, -0.05) is 26.0 Å². The molecule has 10 nitrogen and oxygen atoms in total. The van der Waals surface area contributed by atoms with Gasteiger partial charge in [0.25, 0.3) is 0 Å². The monoisotopic (exact) mass is 602 g/mol. The van der Waals surface area contributed by atoms with Gasteiger partial charge in [0.15, 0.2) is 5.65 Å². The summed E-state index contributed by atoms with van der Waals surface area (Å²) in [5.41, 5.74) is 4.87. The number of carbonyl (C=O) groups excluding carboxylic acids is 1. The van der Waals surface area contributed by atoms with Crippen LogP contribution >= 0.6 is 11.8 Å². The van der Waals surface area contributed by atoms with Crippen molar-refractivity contribution in [2.45, 2.75) is 56.1 Å². The summed E-state index contributed by atoms with van der Waals surface area (Å²) >= 11 is 1.79. The molecule has 11 heteroatoms. The molecule has 1 fully saturated rings. The molecule has 0 saturated carbocycles. The normalized spacial score (nSPS) is 14.1. The van der Waals surface area contributed by atoms with Gasteiger partial charge in [0.1, 0.15) is 5.75 Å². The van der Waals surface area contributed by atoms with Crippen LogP contribution in [-0.2, 0) is 4.79 Å². The maximum atomic E-state index is 12.6. The van der Waals surface area contributed by atoms with Crippen molar-refractivity contribution in [3.63, 3.8) is 0 Å². The van der Waals surface area contributed by atoms with Crippen molar-refractivity contribution in [1.82, 2.24) is 29.4 Å². The summed E-state index contributed by atoms with van der Waals surface area (Å²) in [6, 6.07) is 14.3. The second-order valence-electron chi connectivity index (χ2n) is 11.5. The van der Waals surface area contributed by atoms with Gasteiger partial charge >= 0.3 is 0 Å². The van der Waals surface area contributed by atoms with Crippen LogP contribution in [0, 0.1) is 6.92 Å². The molecule has 0 aliphatic carbocycles. The molecule has 43 heavy (non-hydrogen) atoms. The van der Waals surface area contributed by atoms with Gasteiger partial charge in [-0.2, -0.15) is 19.6 Å². The molecular weight excluding hydrogens is 560 g/mol. The number of aromatic nitrogens is 4. The highest BCUT2D eigenvalue weighted by Gasteiger charge is 2.26. The smallest absolute Gasteiger partial charge is 0.233 e. The molecule has 0 atom stereocenters. The molecule has 2 N–H and O–H groups in total. The lowest BCUT2D eigenvalue weighted by Gasteiger charge is -2.33. The van der Waals surface area contributed by atoms with Crippen molar-refractivity contribution < 1.29 is 9.53 Å². The van der Waals surface area contributed by atoms with Crippen molar-refractivity contribution >= 4 is 46.6 Å². The summed E-state index contributed by atoms with van der Waals surface area (Å²) in [6.07, 6.45) is 4.17. The van der Waals surface area contributed by atoms with Gasteiger partial charge in [-0.25, -0.2) is 0 Å². The second-order valence-corrected chi connectivity index (χ2v) is 13.1. The number of thioether (sulfide) groups is 1. The topological polar surface area (TPSA) is 99.9 Å². The summed E-state index contributed by atoms with van der Waals surface area (Å²) in [6.45, 7) is 8.84. The van der Waals surface area contributed by atoms with Crippen LogP contribution in [0.1, 0.15) is 50.2 Å². The van der Waals surface area contributed by atoms with Gasteiger partial charge in [0.2, 0.25) is 17.8 Å². The predicted molar refractivity (Wildman–Crippen MR) is 174 cm³/mol. The number of fused-ring (bicyclic) bond motifs is 1. The molecule has 0 radical (unpaired) electrons. The Morgan fingerprint density at radius 2 is 1.86 bits per heavy atom. The number of hydrogen-bond acceptors (Lipinski definition) is 9. The number of hydrogen-bond donors (Lipinski definition) is 2. The fraction of sp³-hybridized carbons (Fsp3) is 0.438. The van der Waals surface area contributed by atoms with Crippen LogP contribution in [-0.4, -0.2) is 81.4 Å². The minimum absolute atomic E-state index is 0.243. The lowest BCUT2D eigenvalue weighted by molar-refractivity contribution is -0.132. The molecule has 1 aliphatic rings. The van der Waals surface area contributed by atoms with Crippen LogP contribution in [0.15, 0.2) is 53.6 Å². The van der Waals surface area contributed by atoms with Crippen molar-refractivity contribution in [3.05, 3.63) is 59.8 Å². The summed E-state index contributed by atoms with van der Waals surface area (Å²) < 4.78 is 7.55. The van der Waals surface area contributed by atoms with E-state index in [9.17, 15) is 4.79 Å². The van der Waals surface area contributed by atoms with Crippen LogP contribution in [0.5, 0.6) is 5.75 Å². The first-order chi connectivity index (χ1) is 20.7. The lowest BCUT2D eigenvalue weighted by atomic mass is 9.86. The van der Waals surface area contributed by atoms with Crippen LogP contribution in [0.3, 0.4) is 0 Å². The average Bonchev–Trinajstić information content (AvgIpc) is 3.46. The highest BCUT2D eigenvalue weighted by molar-refractivity contribution is 8.00. The van der Waals surface area contributed by atoms with Crippen molar-refractivity contribution in [1.29, 1.82) is 0 Å². The minimum atomic E-state index is 0.243. The third-order valence-corrected chi connectivity index (χ3v) is 8.73. The maximum Gasteiger partial charge on any atom is 0.233 e. The number of carbonyl (C=O) groups is 1. The molecule has 1 amide bonds. The van der Waals surface area contributed by atoms with Gasteiger partial charge in [0, 0.05) is 42.3 Å². The minimum Gasteiger partial charge on any atom is -0.495 e. The second kappa shape index (κ2) is 13.6. The van der Waals surface area contributed by atoms with E-state index in [1.54, 1.807) is 29.6 Å². The van der Waals surface area contributed by atoms with Gasteiger partial charge in [-0.3, -0.25) is 4.79 Å². The number of nitrogens with zero attached hydrogens (tertiary/aromatic N) is 6. The molecule has 3 heterocycles. The number of rotatable bonds is 11. The highest BCUT2D eigenvalue weighted by Crippen LogP contribution is 2.38. The van der Waals surface area contributed by atoms with Crippen LogP contribution < -0.4 is 15.4 Å². The Hall–Kier alpha value is -3.83. The molecule has 0 spiro atoms. The summed E-state index contributed by atoms with van der Waals surface area (Å²) in [4.78, 5) is 27.4. The van der Waals surface area contributed by atoms with Crippen LogP contribution in [0.25, 0.3) is 5.65 Å². The maximum absolute atomic E-state index is 12.6. The van der Waals surface area contributed by atoms with E-state index in [0.717, 1.165) is 54.5 Å². The zero-order valence-corrected chi connectivity index (χ0v) is 26.7. The number of likely N-dealkylation sites (tertiary alicyclic amines) is 1. The molecule has 1 saturated heterocycles. The highest BCUT2D eigenvalue weighted by atomic mass is 32.2. The zero-order valence-electron chi connectivity index (χ0n) is 25.9. The Bertz CT molecular complexity index is 1560. The molecule has 0 unspecified atom stereocenters. The molecule has 228 valence electrons. The van der Waals surface area contributed by atoms with Crippen molar-refractivity contribution in [2.24, 2.45) is 0 Å². The number of ether oxygens (including phenoxy) is 1. The Morgan fingerprint density at radius 3 is 2.58 bits per heavy atom. The fourth-order valence-corrected chi connectivity index (χ4v) is 6.37. The summed E-state index contributed by atoms with van der Waals surface area (Å²) in [7, 11) is 5.68. The van der Waals surface area contributed by atoms with E-state index in [2.05, 4.69) is 59.6 Å². The first-order valence-corrected chi connectivity index (χ1v) is 15.7.